The van der Waals surface area contributed by atoms with Crippen LogP contribution < -0.4 is 5.32 Å². The molecule has 1 N–H and O–H groups in total. The number of nitrogens with one attached hydrogen (secondary N) is 1. The van der Waals surface area contributed by atoms with Gasteiger partial charge in [0.1, 0.15) is 6.10 Å². The van der Waals surface area contributed by atoms with Crippen molar-refractivity contribution < 1.29 is 9.47 Å². The van der Waals surface area contributed by atoms with E-state index in [2.05, 4.69) is 46.4 Å². The number of rotatable bonds is 4. The van der Waals surface area contributed by atoms with E-state index < -0.39 is 0 Å². The molecule has 0 radical (unpaired) electrons. The van der Waals surface area contributed by atoms with Crippen LogP contribution in [0.3, 0.4) is 0 Å². The lowest BCUT2D eigenvalue weighted by Crippen LogP contribution is -2.48. The van der Waals surface area contributed by atoms with Crippen LogP contribution in [0.1, 0.15) is 36.5 Å². The molecule has 0 aliphatic carbocycles. The van der Waals surface area contributed by atoms with Crippen LogP contribution in [0.2, 0.25) is 0 Å². The second-order valence-electron chi connectivity index (χ2n) is 6.56. The van der Waals surface area contributed by atoms with Gasteiger partial charge in [-0.2, -0.15) is 0 Å². The van der Waals surface area contributed by atoms with Crippen LogP contribution in [-0.2, 0) is 9.47 Å². The molecular weight excluding hydrogens is 429 g/mol. The zero-order chi connectivity index (χ0) is 16.8. The van der Waals surface area contributed by atoms with Crippen molar-refractivity contribution in [3.63, 3.8) is 0 Å². The Bertz CT molecular complexity index is 561. The van der Waals surface area contributed by atoms with Gasteiger partial charge in [0.2, 0.25) is 0 Å². The van der Waals surface area contributed by atoms with E-state index in [-0.39, 0.29) is 30.1 Å². The van der Waals surface area contributed by atoms with Crippen LogP contribution in [0.25, 0.3) is 0 Å². The van der Waals surface area contributed by atoms with Crippen LogP contribution >= 0.6 is 24.0 Å². The molecule has 140 valence electrons. The highest BCUT2D eigenvalue weighted by Gasteiger charge is 2.25. The number of benzene rings is 1. The molecule has 0 bridgehead atoms. The number of ether oxygens (including phenoxy) is 2. The maximum atomic E-state index is 6.01. The average Bonchev–Trinajstić information content (AvgIpc) is 3.13. The zero-order valence-electron chi connectivity index (χ0n) is 15.2. The first-order valence-corrected chi connectivity index (χ1v) is 9.02. The Morgan fingerprint density at radius 2 is 2.12 bits per heavy atom. The molecule has 2 aliphatic heterocycles. The third-order valence-electron chi connectivity index (χ3n) is 4.89. The number of guanidine groups is 1. The monoisotopic (exact) mass is 459 g/mol. The van der Waals surface area contributed by atoms with E-state index in [0.29, 0.717) is 6.10 Å². The summed E-state index contributed by atoms with van der Waals surface area (Å²) in [5, 5.41) is 3.49. The van der Waals surface area contributed by atoms with Gasteiger partial charge in [-0.1, -0.05) is 24.3 Å². The fourth-order valence-corrected chi connectivity index (χ4v) is 3.53. The first kappa shape index (κ1) is 20.5. The molecule has 5 nitrogen and oxygen atoms in total. The molecule has 25 heavy (non-hydrogen) atoms. The molecule has 0 saturated carbocycles. The van der Waals surface area contributed by atoms with E-state index in [4.69, 9.17) is 9.47 Å². The zero-order valence-corrected chi connectivity index (χ0v) is 17.6. The maximum Gasteiger partial charge on any atom is 0.193 e. The second-order valence-corrected chi connectivity index (χ2v) is 6.56. The highest BCUT2D eigenvalue weighted by molar-refractivity contribution is 14.0. The molecule has 0 amide bonds. The van der Waals surface area contributed by atoms with Crippen molar-refractivity contribution >= 4 is 29.9 Å². The lowest BCUT2D eigenvalue weighted by molar-refractivity contribution is -0.00838. The number of nitrogens with zero attached hydrogens (tertiary/aromatic N) is 2. The maximum absolute atomic E-state index is 6.01. The lowest BCUT2D eigenvalue weighted by Gasteiger charge is -2.35. The normalized spacial score (nSPS) is 24.1. The summed E-state index contributed by atoms with van der Waals surface area (Å²) in [4.78, 5) is 6.76. The minimum Gasteiger partial charge on any atom is -0.378 e. The summed E-state index contributed by atoms with van der Waals surface area (Å²) < 4.78 is 11.7. The lowest BCUT2D eigenvalue weighted by atomic mass is 10.0. The number of hydrogen-bond acceptors (Lipinski definition) is 3. The van der Waals surface area contributed by atoms with Gasteiger partial charge >= 0.3 is 0 Å². The summed E-state index contributed by atoms with van der Waals surface area (Å²) in [6, 6.07) is 8.47. The molecule has 2 saturated heterocycles. The van der Waals surface area contributed by atoms with Crippen molar-refractivity contribution in [2.45, 2.75) is 38.4 Å². The molecule has 6 heteroatoms. The van der Waals surface area contributed by atoms with E-state index in [1.54, 1.807) is 0 Å². The molecule has 1 aromatic carbocycles. The van der Waals surface area contributed by atoms with Gasteiger partial charge in [0.15, 0.2) is 5.96 Å². The Balaban J connectivity index is 0.00000225. The minimum absolute atomic E-state index is 0. The number of morpholine rings is 1. The first-order chi connectivity index (χ1) is 11.8. The van der Waals surface area contributed by atoms with Gasteiger partial charge in [-0.25, -0.2) is 0 Å². The van der Waals surface area contributed by atoms with Gasteiger partial charge in [-0.05, 0) is 37.3 Å². The van der Waals surface area contributed by atoms with Crippen molar-refractivity contribution in [2.75, 3.05) is 39.9 Å². The van der Waals surface area contributed by atoms with E-state index >= 15 is 0 Å². The van der Waals surface area contributed by atoms with Gasteiger partial charge < -0.3 is 19.7 Å². The third-order valence-corrected chi connectivity index (χ3v) is 4.89. The average molecular weight is 459 g/mol. The summed E-state index contributed by atoms with van der Waals surface area (Å²) in [7, 11) is 1.85. The highest BCUT2D eigenvalue weighted by atomic mass is 127. The van der Waals surface area contributed by atoms with Gasteiger partial charge in [0.05, 0.1) is 19.3 Å². The van der Waals surface area contributed by atoms with Crippen LogP contribution in [0.5, 0.6) is 0 Å². The molecule has 2 heterocycles. The molecule has 2 fully saturated rings. The molecule has 2 atom stereocenters. The van der Waals surface area contributed by atoms with E-state index in [0.717, 1.165) is 45.2 Å². The summed E-state index contributed by atoms with van der Waals surface area (Å²) >= 11 is 0. The first-order valence-electron chi connectivity index (χ1n) is 9.02. The van der Waals surface area contributed by atoms with Crippen LogP contribution in [0.15, 0.2) is 29.3 Å². The smallest absolute Gasteiger partial charge is 0.193 e. The highest BCUT2D eigenvalue weighted by Crippen LogP contribution is 2.25. The predicted octanol–water partition coefficient (Wildman–Crippen LogP) is 3.13. The fourth-order valence-electron chi connectivity index (χ4n) is 3.53. The topological polar surface area (TPSA) is 46.1 Å². The molecule has 2 aliphatic rings. The molecular formula is C19H30IN3O2. The fraction of sp³-hybridized carbons (Fsp3) is 0.632. The summed E-state index contributed by atoms with van der Waals surface area (Å²) in [5.41, 5.74) is 2.56. The van der Waals surface area contributed by atoms with Gasteiger partial charge in [-0.3, -0.25) is 4.99 Å². The molecule has 0 aromatic heterocycles. The Hall–Kier alpha value is -0.860. The van der Waals surface area contributed by atoms with Crippen molar-refractivity contribution in [3.05, 3.63) is 35.4 Å². The van der Waals surface area contributed by atoms with Crippen molar-refractivity contribution in [1.29, 1.82) is 0 Å². The van der Waals surface area contributed by atoms with Gasteiger partial charge in [-0.15, -0.1) is 24.0 Å². The minimum atomic E-state index is 0. The van der Waals surface area contributed by atoms with E-state index in [1.807, 2.05) is 7.05 Å². The molecule has 0 spiro atoms. The third kappa shape index (κ3) is 5.56. The SMILES string of the molecule is CN=C(NCCC1CCCO1)N1CCOC(c2ccccc2C)C1.I. The number of aliphatic imine (C=N–C) groups is 1. The van der Waals surface area contributed by atoms with Crippen LogP contribution in [-0.4, -0.2) is 56.9 Å². The van der Waals surface area contributed by atoms with Crippen LogP contribution in [0, 0.1) is 6.92 Å². The molecule has 3 rings (SSSR count). The van der Waals surface area contributed by atoms with E-state index in [9.17, 15) is 0 Å². The predicted molar refractivity (Wildman–Crippen MR) is 112 cm³/mol. The van der Waals surface area contributed by atoms with Gasteiger partial charge in [0, 0.05) is 26.7 Å². The quantitative estimate of drug-likeness (QED) is 0.427. The van der Waals surface area contributed by atoms with Crippen LogP contribution in [0.4, 0.5) is 0 Å². The summed E-state index contributed by atoms with van der Waals surface area (Å²) in [6.45, 7) is 6.41. The number of hydrogen-bond donors (Lipinski definition) is 1. The number of halogens is 1. The largest absolute Gasteiger partial charge is 0.378 e. The van der Waals surface area contributed by atoms with Gasteiger partial charge in [0.25, 0.3) is 0 Å². The molecule has 1 aromatic rings. The Labute approximate surface area is 168 Å². The standard InChI is InChI=1S/C19H29N3O2.HI/c1-15-6-3-4-8-17(15)18-14-22(11-13-24-18)19(20-2)21-10-9-16-7-5-12-23-16;/h3-4,6,8,16,18H,5,7,9-14H2,1-2H3,(H,20,21);1H. The summed E-state index contributed by atoms with van der Waals surface area (Å²) in [5.74, 6) is 0.967. The second kappa shape index (κ2) is 10.3. The van der Waals surface area contributed by atoms with E-state index in [1.165, 1.54) is 24.0 Å². The number of aryl methyl sites for hydroxylation is 1. The Kier molecular flexibility index (Phi) is 8.45. The Morgan fingerprint density at radius 3 is 2.84 bits per heavy atom. The van der Waals surface area contributed by atoms with Crippen molar-refractivity contribution in [3.8, 4) is 0 Å². The van der Waals surface area contributed by atoms with Crippen molar-refractivity contribution in [2.24, 2.45) is 4.99 Å². The summed E-state index contributed by atoms with van der Waals surface area (Å²) in [6.07, 6.45) is 3.95. The molecule has 2 unspecified atom stereocenters. The Morgan fingerprint density at radius 1 is 1.28 bits per heavy atom. The van der Waals surface area contributed by atoms with Crippen molar-refractivity contribution in [1.82, 2.24) is 10.2 Å².